The van der Waals surface area contributed by atoms with Crippen molar-refractivity contribution < 1.29 is 18.3 Å². The molecule has 1 rings (SSSR count). The fraction of sp³-hybridized carbons (Fsp3) is 0.500. The van der Waals surface area contributed by atoms with E-state index >= 15 is 0 Å². The molecule has 0 aliphatic heterocycles. The van der Waals surface area contributed by atoms with Crippen LogP contribution in [0.1, 0.15) is 37.8 Å². The van der Waals surface area contributed by atoms with Crippen molar-refractivity contribution in [1.82, 2.24) is 0 Å². The second-order valence-electron chi connectivity index (χ2n) is 4.03. The zero-order chi connectivity index (χ0) is 13.0. The summed E-state index contributed by atoms with van der Waals surface area (Å²) in [5.41, 5.74) is 5.27. The zero-order valence-electron chi connectivity index (χ0n) is 9.59. The Morgan fingerprint density at radius 1 is 1.29 bits per heavy atom. The minimum Gasteiger partial charge on any atom is -0.391 e. The summed E-state index contributed by atoms with van der Waals surface area (Å²) in [7, 11) is 0. The van der Waals surface area contributed by atoms with Gasteiger partial charge in [0.15, 0.2) is 11.6 Å². The topological polar surface area (TPSA) is 46.2 Å². The van der Waals surface area contributed by atoms with E-state index in [0.717, 1.165) is 12.5 Å². The Labute approximate surface area is 98.3 Å². The maximum absolute atomic E-state index is 13.4. The first-order valence-corrected chi connectivity index (χ1v) is 5.55. The maximum atomic E-state index is 13.4. The predicted octanol–water partition coefficient (Wildman–Crippen LogP) is 2.65. The Kier molecular flexibility index (Phi) is 4.96. The second kappa shape index (κ2) is 6.02. The molecule has 0 aliphatic rings. The van der Waals surface area contributed by atoms with Gasteiger partial charge in [-0.05, 0) is 12.5 Å². The number of nitrogens with two attached hydrogens (primary N) is 1. The van der Waals surface area contributed by atoms with Gasteiger partial charge in [0.1, 0.15) is 5.82 Å². The van der Waals surface area contributed by atoms with Crippen LogP contribution >= 0.6 is 0 Å². The first-order chi connectivity index (χ1) is 7.97. The van der Waals surface area contributed by atoms with Crippen molar-refractivity contribution in [2.75, 3.05) is 0 Å². The largest absolute Gasteiger partial charge is 0.391 e. The van der Waals surface area contributed by atoms with Gasteiger partial charge in [-0.2, -0.15) is 0 Å². The number of hydrogen-bond acceptors (Lipinski definition) is 2. The molecule has 3 N–H and O–H groups in total. The maximum Gasteiger partial charge on any atom is 0.163 e. The Morgan fingerprint density at radius 2 is 1.94 bits per heavy atom. The third-order valence-electron chi connectivity index (χ3n) is 2.65. The van der Waals surface area contributed by atoms with Gasteiger partial charge < -0.3 is 10.8 Å². The number of aliphatic hydroxyl groups excluding tert-OH is 1. The van der Waals surface area contributed by atoms with Crippen LogP contribution in [0.15, 0.2) is 12.1 Å². The normalized spacial score (nSPS) is 14.7. The molecule has 0 fully saturated rings. The third kappa shape index (κ3) is 3.44. The number of aliphatic hydroxyl groups is 1. The second-order valence-corrected chi connectivity index (χ2v) is 4.03. The first-order valence-electron chi connectivity index (χ1n) is 5.55. The molecule has 5 heteroatoms. The molecule has 0 bridgehead atoms. The molecule has 0 aliphatic carbocycles. The summed E-state index contributed by atoms with van der Waals surface area (Å²) in [6, 6.07) is 0.147. The van der Waals surface area contributed by atoms with Crippen LogP contribution in [0.5, 0.6) is 0 Å². The van der Waals surface area contributed by atoms with Gasteiger partial charge in [-0.15, -0.1) is 0 Å². The Bertz CT molecular complexity index is 384. The number of halogens is 3. The summed E-state index contributed by atoms with van der Waals surface area (Å²) in [4.78, 5) is 0. The molecule has 2 atom stereocenters. The van der Waals surface area contributed by atoms with E-state index in [1.54, 1.807) is 0 Å². The molecule has 1 aromatic carbocycles. The van der Waals surface area contributed by atoms with Crippen molar-refractivity contribution in [2.45, 2.75) is 38.3 Å². The molecule has 2 nitrogen and oxygen atoms in total. The highest BCUT2D eigenvalue weighted by atomic mass is 19.2. The molecular weight excluding hydrogens is 231 g/mol. The van der Waals surface area contributed by atoms with Crippen LogP contribution in [0.3, 0.4) is 0 Å². The van der Waals surface area contributed by atoms with Crippen LogP contribution in [-0.4, -0.2) is 11.2 Å². The highest BCUT2D eigenvalue weighted by molar-refractivity contribution is 5.24. The highest BCUT2D eigenvalue weighted by Crippen LogP contribution is 2.23. The van der Waals surface area contributed by atoms with Gasteiger partial charge in [-0.3, -0.25) is 0 Å². The molecule has 0 saturated heterocycles. The van der Waals surface area contributed by atoms with Gasteiger partial charge in [-0.25, -0.2) is 13.2 Å². The molecule has 0 radical (unpaired) electrons. The number of rotatable bonds is 5. The van der Waals surface area contributed by atoms with Gasteiger partial charge >= 0.3 is 0 Å². The van der Waals surface area contributed by atoms with Crippen molar-refractivity contribution in [3.63, 3.8) is 0 Å². The molecule has 0 unspecified atom stereocenters. The van der Waals surface area contributed by atoms with Crippen molar-refractivity contribution >= 4 is 0 Å². The average molecular weight is 247 g/mol. The Hall–Kier alpha value is -1.07. The van der Waals surface area contributed by atoms with Crippen molar-refractivity contribution in [2.24, 2.45) is 5.73 Å². The van der Waals surface area contributed by atoms with E-state index in [-0.39, 0.29) is 5.56 Å². The molecule has 1 aromatic rings. The fourth-order valence-electron chi connectivity index (χ4n) is 1.62. The number of hydrogen-bond donors (Lipinski definition) is 2. The van der Waals surface area contributed by atoms with Gasteiger partial charge in [-0.1, -0.05) is 19.8 Å². The lowest BCUT2D eigenvalue weighted by Crippen LogP contribution is -2.27. The van der Waals surface area contributed by atoms with E-state index in [9.17, 15) is 18.3 Å². The molecule has 0 spiro atoms. The smallest absolute Gasteiger partial charge is 0.163 e. The van der Waals surface area contributed by atoms with Crippen LogP contribution in [-0.2, 0) is 0 Å². The standard InChI is InChI=1S/C12H16F3NO/c1-2-3-4-10(17)12(16)8-5-7(13)6-9(14)11(8)15/h5-6,10,12,17H,2-4,16H2,1H3/t10-,12+/m0/s1. The van der Waals surface area contributed by atoms with E-state index in [1.165, 1.54) is 0 Å². The molecule has 96 valence electrons. The van der Waals surface area contributed by atoms with Gasteiger partial charge in [0.2, 0.25) is 0 Å². The highest BCUT2D eigenvalue weighted by Gasteiger charge is 2.22. The number of unbranched alkanes of at least 4 members (excludes halogenated alkanes) is 1. The SMILES string of the molecule is CCCC[C@H](O)[C@H](N)c1cc(F)cc(F)c1F. The van der Waals surface area contributed by atoms with E-state index in [0.29, 0.717) is 18.9 Å². The minimum atomic E-state index is -1.29. The van der Waals surface area contributed by atoms with Crippen LogP contribution in [0.2, 0.25) is 0 Å². The Balaban J connectivity index is 2.91. The lowest BCUT2D eigenvalue weighted by Gasteiger charge is -2.19. The first kappa shape index (κ1) is 14.0. The third-order valence-corrected chi connectivity index (χ3v) is 2.65. The number of benzene rings is 1. The van der Waals surface area contributed by atoms with Crippen LogP contribution in [0.25, 0.3) is 0 Å². The monoisotopic (exact) mass is 247 g/mol. The lowest BCUT2D eigenvalue weighted by molar-refractivity contribution is 0.130. The quantitative estimate of drug-likeness (QED) is 0.786. The predicted molar refractivity (Wildman–Crippen MR) is 58.8 cm³/mol. The van der Waals surface area contributed by atoms with Gasteiger partial charge in [0.05, 0.1) is 12.1 Å². The Morgan fingerprint density at radius 3 is 2.53 bits per heavy atom. The summed E-state index contributed by atoms with van der Waals surface area (Å²) in [6.07, 6.45) is 0.929. The fourth-order valence-corrected chi connectivity index (χ4v) is 1.62. The molecule has 17 heavy (non-hydrogen) atoms. The summed E-state index contributed by atoms with van der Waals surface area (Å²) < 4.78 is 39.3. The molecule has 0 saturated carbocycles. The van der Waals surface area contributed by atoms with Crippen molar-refractivity contribution in [3.05, 3.63) is 35.1 Å². The van der Waals surface area contributed by atoms with E-state index in [1.807, 2.05) is 6.92 Å². The van der Waals surface area contributed by atoms with E-state index in [4.69, 9.17) is 5.73 Å². The molecule has 0 heterocycles. The van der Waals surface area contributed by atoms with E-state index < -0.39 is 29.6 Å². The summed E-state index contributed by atoms with van der Waals surface area (Å²) >= 11 is 0. The van der Waals surface area contributed by atoms with Crippen LogP contribution < -0.4 is 5.73 Å². The summed E-state index contributed by atoms with van der Waals surface area (Å²) in [5, 5.41) is 9.67. The molecule has 0 amide bonds. The van der Waals surface area contributed by atoms with Crippen LogP contribution in [0.4, 0.5) is 13.2 Å². The minimum absolute atomic E-state index is 0.328. The van der Waals surface area contributed by atoms with Gasteiger partial charge in [0, 0.05) is 11.6 Å². The molecular formula is C12H16F3NO. The van der Waals surface area contributed by atoms with Crippen molar-refractivity contribution in [1.29, 1.82) is 0 Å². The zero-order valence-corrected chi connectivity index (χ0v) is 9.59. The molecule has 0 aromatic heterocycles. The summed E-state index contributed by atoms with van der Waals surface area (Å²) in [5.74, 6) is -3.40. The van der Waals surface area contributed by atoms with Crippen molar-refractivity contribution in [3.8, 4) is 0 Å². The lowest BCUT2D eigenvalue weighted by atomic mass is 9.97. The van der Waals surface area contributed by atoms with E-state index in [2.05, 4.69) is 0 Å². The average Bonchev–Trinajstić information content (AvgIpc) is 2.29. The summed E-state index contributed by atoms with van der Waals surface area (Å²) in [6.45, 7) is 1.93. The van der Waals surface area contributed by atoms with Gasteiger partial charge in [0.25, 0.3) is 0 Å². The van der Waals surface area contributed by atoms with Crippen LogP contribution in [0, 0.1) is 17.5 Å².